The summed E-state index contributed by atoms with van der Waals surface area (Å²) in [6, 6.07) is 0. The van der Waals surface area contributed by atoms with Gasteiger partial charge in [-0.25, -0.2) is 0 Å². The molecule has 14 heavy (non-hydrogen) atoms. The zero-order valence-corrected chi connectivity index (χ0v) is 10.1. The molecular formula is C12H26N2. The molecule has 2 unspecified atom stereocenters. The number of nitrogens with one attached hydrogen (secondary N) is 1. The predicted octanol–water partition coefficient (Wildman–Crippen LogP) is 1.96. The van der Waals surface area contributed by atoms with Gasteiger partial charge in [0.2, 0.25) is 0 Å². The highest BCUT2D eigenvalue weighted by Gasteiger charge is 2.32. The molecule has 1 aliphatic rings. The Labute approximate surface area is 89.1 Å². The molecule has 1 rings (SSSR count). The van der Waals surface area contributed by atoms with Crippen molar-refractivity contribution in [3.63, 3.8) is 0 Å². The second-order valence-corrected chi connectivity index (χ2v) is 4.84. The van der Waals surface area contributed by atoms with Crippen LogP contribution in [-0.4, -0.2) is 38.1 Å². The van der Waals surface area contributed by atoms with Crippen LogP contribution in [0.2, 0.25) is 0 Å². The van der Waals surface area contributed by atoms with Crippen molar-refractivity contribution in [1.29, 1.82) is 0 Å². The summed E-state index contributed by atoms with van der Waals surface area (Å²) in [7, 11) is 2.25. The Bertz CT molecular complexity index is 147. The quantitative estimate of drug-likeness (QED) is 0.600. The molecule has 0 aromatic heterocycles. The van der Waals surface area contributed by atoms with E-state index in [2.05, 4.69) is 31.1 Å². The van der Waals surface area contributed by atoms with Gasteiger partial charge in [0.05, 0.1) is 0 Å². The van der Waals surface area contributed by atoms with Crippen LogP contribution in [0, 0.1) is 11.8 Å². The molecule has 0 aromatic carbocycles. The van der Waals surface area contributed by atoms with Crippen molar-refractivity contribution in [1.82, 2.24) is 10.2 Å². The molecule has 2 nitrogen and oxygen atoms in total. The van der Waals surface area contributed by atoms with Gasteiger partial charge >= 0.3 is 0 Å². The predicted molar refractivity (Wildman–Crippen MR) is 62.5 cm³/mol. The van der Waals surface area contributed by atoms with E-state index in [1.54, 1.807) is 0 Å². The van der Waals surface area contributed by atoms with E-state index in [0.29, 0.717) is 0 Å². The highest BCUT2D eigenvalue weighted by molar-refractivity contribution is 4.84. The minimum absolute atomic E-state index is 0.996. The van der Waals surface area contributed by atoms with Gasteiger partial charge in [-0.15, -0.1) is 0 Å². The average molecular weight is 198 g/mol. The zero-order valence-electron chi connectivity index (χ0n) is 10.1. The van der Waals surface area contributed by atoms with Crippen LogP contribution in [0.15, 0.2) is 0 Å². The molecule has 84 valence electrons. The van der Waals surface area contributed by atoms with Gasteiger partial charge in [0.1, 0.15) is 0 Å². The first-order valence-corrected chi connectivity index (χ1v) is 6.13. The standard InChI is InChI=1S/C12H26N2/c1-4-6-13-7-5-8-14(3)10-12-9-11(12)2/h11-13H,4-10H2,1-3H3. The molecule has 0 radical (unpaired) electrons. The minimum atomic E-state index is 0.996. The fraction of sp³-hybridized carbons (Fsp3) is 1.00. The second-order valence-electron chi connectivity index (χ2n) is 4.84. The van der Waals surface area contributed by atoms with E-state index in [-0.39, 0.29) is 0 Å². The zero-order chi connectivity index (χ0) is 10.4. The molecule has 0 amide bonds. The van der Waals surface area contributed by atoms with Crippen molar-refractivity contribution in [3.05, 3.63) is 0 Å². The first kappa shape index (κ1) is 12.0. The van der Waals surface area contributed by atoms with Crippen LogP contribution >= 0.6 is 0 Å². The molecule has 1 saturated carbocycles. The van der Waals surface area contributed by atoms with E-state index in [1.165, 1.54) is 45.4 Å². The van der Waals surface area contributed by atoms with E-state index < -0.39 is 0 Å². The Hall–Kier alpha value is -0.0800. The Kier molecular flexibility index (Phi) is 5.49. The molecule has 0 spiro atoms. The lowest BCUT2D eigenvalue weighted by Crippen LogP contribution is -2.26. The third-order valence-electron chi connectivity index (χ3n) is 3.14. The maximum absolute atomic E-state index is 3.44. The van der Waals surface area contributed by atoms with E-state index in [0.717, 1.165) is 11.8 Å². The summed E-state index contributed by atoms with van der Waals surface area (Å²) in [4.78, 5) is 2.49. The summed E-state index contributed by atoms with van der Waals surface area (Å²) in [6.45, 7) is 9.49. The molecule has 2 heteroatoms. The fourth-order valence-electron chi connectivity index (χ4n) is 1.92. The Morgan fingerprint density at radius 2 is 2.07 bits per heavy atom. The van der Waals surface area contributed by atoms with Gasteiger partial charge in [-0.3, -0.25) is 0 Å². The van der Waals surface area contributed by atoms with E-state index in [4.69, 9.17) is 0 Å². The van der Waals surface area contributed by atoms with E-state index >= 15 is 0 Å². The maximum Gasteiger partial charge on any atom is 0.000927 e. The lowest BCUT2D eigenvalue weighted by molar-refractivity contribution is 0.309. The van der Waals surface area contributed by atoms with Gasteiger partial charge in [0.15, 0.2) is 0 Å². The SMILES string of the molecule is CCCNCCCN(C)CC1CC1C. The lowest BCUT2D eigenvalue weighted by atomic mass is 10.3. The Balaban J connectivity index is 1.85. The molecule has 0 bridgehead atoms. The summed E-state index contributed by atoms with van der Waals surface area (Å²) in [6.07, 6.45) is 3.99. The number of hydrogen-bond acceptors (Lipinski definition) is 2. The van der Waals surface area contributed by atoms with Crippen LogP contribution in [0.25, 0.3) is 0 Å². The van der Waals surface area contributed by atoms with Gasteiger partial charge in [-0.05, 0) is 57.8 Å². The molecule has 1 fully saturated rings. The number of hydrogen-bond donors (Lipinski definition) is 1. The lowest BCUT2D eigenvalue weighted by Gasteiger charge is -2.16. The van der Waals surface area contributed by atoms with Crippen LogP contribution in [0.5, 0.6) is 0 Å². The highest BCUT2D eigenvalue weighted by Crippen LogP contribution is 2.37. The third kappa shape index (κ3) is 4.97. The smallest absolute Gasteiger partial charge is 0.000927 e. The average Bonchev–Trinajstić information content (AvgIpc) is 2.81. The molecule has 0 aliphatic heterocycles. The highest BCUT2D eigenvalue weighted by atomic mass is 15.1. The third-order valence-corrected chi connectivity index (χ3v) is 3.14. The van der Waals surface area contributed by atoms with E-state index in [1.807, 2.05) is 0 Å². The molecule has 0 heterocycles. The monoisotopic (exact) mass is 198 g/mol. The van der Waals surface area contributed by atoms with Gasteiger partial charge in [-0.2, -0.15) is 0 Å². The maximum atomic E-state index is 3.44. The van der Waals surface area contributed by atoms with Crippen molar-refractivity contribution in [2.75, 3.05) is 33.2 Å². The van der Waals surface area contributed by atoms with Crippen LogP contribution in [-0.2, 0) is 0 Å². The normalized spacial score (nSPS) is 25.7. The molecule has 0 aromatic rings. The van der Waals surface area contributed by atoms with Crippen molar-refractivity contribution in [2.24, 2.45) is 11.8 Å². The van der Waals surface area contributed by atoms with Crippen molar-refractivity contribution in [3.8, 4) is 0 Å². The topological polar surface area (TPSA) is 15.3 Å². The van der Waals surface area contributed by atoms with E-state index in [9.17, 15) is 0 Å². The fourth-order valence-corrected chi connectivity index (χ4v) is 1.92. The van der Waals surface area contributed by atoms with Crippen LogP contribution in [0.4, 0.5) is 0 Å². The van der Waals surface area contributed by atoms with Crippen molar-refractivity contribution < 1.29 is 0 Å². The summed E-state index contributed by atoms with van der Waals surface area (Å²) < 4.78 is 0. The van der Waals surface area contributed by atoms with Gasteiger partial charge in [0.25, 0.3) is 0 Å². The molecule has 1 N–H and O–H groups in total. The number of nitrogens with zero attached hydrogens (tertiary/aromatic N) is 1. The molecule has 1 aliphatic carbocycles. The summed E-state index contributed by atoms with van der Waals surface area (Å²) in [5, 5.41) is 3.44. The molecule has 2 atom stereocenters. The first-order valence-electron chi connectivity index (χ1n) is 6.13. The van der Waals surface area contributed by atoms with Crippen molar-refractivity contribution >= 4 is 0 Å². The van der Waals surface area contributed by atoms with Crippen LogP contribution in [0.3, 0.4) is 0 Å². The Morgan fingerprint density at radius 3 is 2.64 bits per heavy atom. The van der Waals surface area contributed by atoms with Gasteiger partial charge in [-0.1, -0.05) is 13.8 Å². The first-order chi connectivity index (χ1) is 6.74. The Morgan fingerprint density at radius 1 is 1.36 bits per heavy atom. The summed E-state index contributed by atoms with van der Waals surface area (Å²) in [5.74, 6) is 2.00. The van der Waals surface area contributed by atoms with Gasteiger partial charge in [0, 0.05) is 6.54 Å². The van der Waals surface area contributed by atoms with Crippen LogP contribution in [0.1, 0.15) is 33.1 Å². The van der Waals surface area contributed by atoms with Gasteiger partial charge < -0.3 is 10.2 Å². The molecular weight excluding hydrogens is 172 g/mol. The summed E-state index contributed by atoms with van der Waals surface area (Å²) in [5.41, 5.74) is 0. The summed E-state index contributed by atoms with van der Waals surface area (Å²) >= 11 is 0. The van der Waals surface area contributed by atoms with Crippen LogP contribution < -0.4 is 5.32 Å². The number of rotatable bonds is 8. The second kappa shape index (κ2) is 6.41. The largest absolute Gasteiger partial charge is 0.317 e. The molecule has 0 saturated heterocycles. The van der Waals surface area contributed by atoms with Crippen molar-refractivity contribution in [2.45, 2.75) is 33.1 Å². The minimum Gasteiger partial charge on any atom is -0.317 e.